The molecule has 0 spiro atoms. The summed E-state index contributed by atoms with van der Waals surface area (Å²) >= 11 is 0. The molecule has 0 saturated heterocycles. The van der Waals surface area contributed by atoms with Crippen LogP contribution in [0.3, 0.4) is 0 Å². The van der Waals surface area contributed by atoms with E-state index in [9.17, 15) is 0 Å². The Kier molecular flexibility index (Phi) is 1.66. The van der Waals surface area contributed by atoms with Crippen molar-refractivity contribution in [2.75, 3.05) is 7.05 Å². The second-order valence-corrected chi connectivity index (χ2v) is 2.96. The number of nitrogens with zero attached hydrogens (tertiary/aromatic N) is 1. The topological polar surface area (TPSA) is 38.1 Å². The molecule has 1 aromatic heterocycles. The molecule has 0 radical (unpaired) electrons. The molecular weight excluding hydrogens is 140 g/mol. The maximum atomic E-state index is 4.91. The molecule has 2 rings (SSSR count). The standard InChI is InChI=1S/C8H12N2O/c1-9-7-4-2-3-6-5-11-10-8(6)7/h5,7,9H,2-4H2,1H3. The number of fused-ring (bicyclic) bond motifs is 1. The predicted molar refractivity (Wildman–Crippen MR) is 41.2 cm³/mol. The van der Waals surface area contributed by atoms with Crippen molar-refractivity contribution < 1.29 is 4.52 Å². The van der Waals surface area contributed by atoms with Crippen LogP contribution in [0.1, 0.15) is 30.1 Å². The molecular formula is C8H12N2O. The normalized spacial score (nSPS) is 23.2. The summed E-state index contributed by atoms with van der Waals surface area (Å²) in [6, 6.07) is 0.414. The van der Waals surface area contributed by atoms with Gasteiger partial charge in [0, 0.05) is 5.56 Å². The van der Waals surface area contributed by atoms with Crippen molar-refractivity contribution >= 4 is 0 Å². The van der Waals surface area contributed by atoms with Crippen LogP contribution in [0.4, 0.5) is 0 Å². The van der Waals surface area contributed by atoms with Crippen LogP contribution in [0.5, 0.6) is 0 Å². The van der Waals surface area contributed by atoms with Gasteiger partial charge in [-0.2, -0.15) is 0 Å². The molecule has 11 heavy (non-hydrogen) atoms. The van der Waals surface area contributed by atoms with E-state index in [0.717, 1.165) is 12.1 Å². The molecule has 1 heterocycles. The van der Waals surface area contributed by atoms with E-state index >= 15 is 0 Å². The molecule has 0 aliphatic heterocycles. The van der Waals surface area contributed by atoms with Crippen LogP contribution >= 0.6 is 0 Å². The van der Waals surface area contributed by atoms with Crippen molar-refractivity contribution in [2.24, 2.45) is 0 Å². The summed E-state index contributed by atoms with van der Waals surface area (Å²) < 4.78 is 4.91. The van der Waals surface area contributed by atoms with Crippen LogP contribution < -0.4 is 5.32 Å². The van der Waals surface area contributed by atoms with E-state index in [0.29, 0.717) is 6.04 Å². The molecule has 0 saturated carbocycles. The second kappa shape index (κ2) is 2.66. The Morgan fingerprint density at radius 3 is 3.45 bits per heavy atom. The molecule has 3 heteroatoms. The highest BCUT2D eigenvalue weighted by atomic mass is 16.5. The smallest absolute Gasteiger partial charge is 0.127 e. The number of rotatable bonds is 1. The zero-order valence-electron chi connectivity index (χ0n) is 6.63. The van der Waals surface area contributed by atoms with Crippen molar-refractivity contribution in [1.82, 2.24) is 10.5 Å². The zero-order chi connectivity index (χ0) is 7.68. The van der Waals surface area contributed by atoms with Crippen LogP contribution in [0.2, 0.25) is 0 Å². The average molecular weight is 152 g/mol. The lowest BCUT2D eigenvalue weighted by molar-refractivity contribution is 0.393. The minimum absolute atomic E-state index is 0.414. The van der Waals surface area contributed by atoms with E-state index < -0.39 is 0 Å². The number of nitrogens with one attached hydrogen (secondary N) is 1. The Labute approximate surface area is 65.8 Å². The van der Waals surface area contributed by atoms with Gasteiger partial charge in [0.1, 0.15) is 12.0 Å². The second-order valence-electron chi connectivity index (χ2n) is 2.96. The molecule has 1 N–H and O–H groups in total. The molecule has 1 unspecified atom stereocenters. The largest absolute Gasteiger partial charge is 0.364 e. The minimum Gasteiger partial charge on any atom is -0.364 e. The first-order chi connectivity index (χ1) is 5.42. The fourth-order valence-corrected chi connectivity index (χ4v) is 1.65. The van der Waals surface area contributed by atoms with Crippen molar-refractivity contribution in [2.45, 2.75) is 25.3 Å². The van der Waals surface area contributed by atoms with E-state index in [-0.39, 0.29) is 0 Å². The Morgan fingerprint density at radius 1 is 1.73 bits per heavy atom. The molecule has 0 amide bonds. The summed E-state index contributed by atoms with van der Waals surface area (Å²) in [5.41, 5.74) is 2.38. The molecule has 1 aliphatic rings. The van der Waals surface area contributed by atoms with Gasteiger partial charge in [-0.15, -0.1) is 0 Å². The zero-order valence-corrected chi connectivity index (χ0v) is 6.63. The molecule has 60 valence electrons. The summed E-state index contributed by atoms with van der Waals surface area (Å²) in [5.74, 6) is 0. The van der Waals surface area contributed by atoms with Crippen LogP contribution in [-0.2, 0) is 6.42 Å². The first-order valence-electron chi connectivity index (χ1n) is 4.02. The quantitative estimate of drug-likeness (QED) is 0.658. The van der Waals surface area contributed by atoms with Gasteiger partial charge in [-0.1, -0.05) is 5.16 Å². The molecule has 0 bridgehead atoms. The Morgan fingerprint density at radius 2 is 2.64 bits per heavy atom. The van der Waals surface area contributed by atoms with Gasteiger partial charge >= 0.3 is 0 Å². The van der Waals surface area contributed by atoms with Crippen LogP contribution in [0, 0.1) is 0 Å². The van der Waals surface area contributed by atoms with Gasteiger partial charge in [-0.3, -0.25) is 0 Å². The van der Waals surface area contributed by atoms with Gasteiger partial charge in [0.2, 0.25) is 0 Å². The SMILES string of the molecule is CNC1CCCc2conc21. The summed E-state index contributed by atoms with van der Waals surface area (Å²) in [6.07, 6.45) is 5.30. The van der Waals surface area contributed by atoms with E-state index in [1.54, 1.807) is 6.26 Å². The van der Waals surface area contributed by atoms with Crippen LogP contribution in [0.25, 0.3) is 0 Å². The fourth-order valence-electron chi connectivity index (χ4n) is 1.65. The first kappa shape index (κ1) is 6.85. The number of aryl methyl sites for hydroxylation is 1. The molecule has 0 fully saturated rings. The average Bonchev–Trinajstić information content (AvgIpc) is 2.50. The van der Waals surface area contributed by atoms with Gasteiger partial charge < -0.3 is 9.84 Å². The monoisotopic (exact) mass is 152 g/mol. The molecule has 1 aliphatic carbocycles. The van der Waals surface area contributed by atoms with E-state index in [2.05, 4.69) is 10.5 Å². The lowest BCUT2D eigenvalue weighted by Gasteiger charge is -2.18. The Hall–Kier alpha value is -0.830. The van der Waals surface area contributed by atoms with Crippen molar-refractivity contribution in [3.8, 4) is 0 Å². The van der Waals surface area contributed by atoms with Crippen LogP contribution in [0.15, 0.2) is 10.8 Å². The van der Waals surface area contributed by atoms with Crippen molar-refractivity contribution in [1.29, 1.82) is 0 Å². The third kappa shape index (κ3) is 1.05. The summed E-state index contributed by atoms with van der Waals surface area (Å²) in [6.45, 7) is 0. The number of hydrogen-bond donors (Lipinski definition) is 1. The van der Waals surface area contributed by atoms with E-state index in [1.165, 1.54) is 18.4 Å². The predicted octanol–water partition coefficient (Wildman–Crippen LogP) is 1.27. The first-order valence-corrected chi connectivity index (χ1v) is 4.02. The van der Waals surface area contributed by atoms with Crippen LogP contribution in [-0.4, -0.2) is 12.2 Å². The van der Waals surface area contributed by atoms with Crippen molar-refractivity contribution in [3.05, 3.63) is 17.5 Å². The molecule has 1 aromatic rings. The highest BCUT2D eigenvalue weighted by Crippen LogP contribution is 2.27. The highest BCUT2D eigenvalue weighted by molar-refractivity contribution is 5.21. The Balaban J connectivity index is 2.32. The number of hydrogen-bond acceptors (Lipinski definition) is 3. The summed E-state index contributed by atoms with van der Waals surface area (Å²) in [4.78, 5) is 0. The maximum Gasteiger partial charge on any atom is 0.127 e. The molecule has 0 aromatic carbocycles. The van der Waals surface area contributed by atoms with Gasteiger partial charge in [0.15, 0.2) is 0 Å². The Bertz CT molecular complexity index is 244. The summed E-state index contributed by atoms with van der Waals surface area (Å²) in [5, 5.41) is 7.20. The molecule has 1 atom stereocenters. The maximum absolute atomic E-state index is 4.91. The minimum atomic E-state index is 0.414. The van der Waals surface area contributed by atoms with Gasteiger partial charge in [0.05, 0.1) is 6.04 Å². The van der Waals surface area contributed by atoms with Gasteiger partial charge in [0.25, 0.3) is 0 Å². The van der Waals surface area contributed by atoms with Gasteiger partial charge in [-0.25, -0.2) is 0 Å². The third-order valence-corrected chi connectivity index (χ3v) is 2.29. The van der Waals surface area contributed by atoms with Crippen molar-refractivity contribution in [3.63, 3.8) is 0 Å². The fraction of sp³-hybridized carbons (Fsp3) is 0.625. The van der Waals surface area contributed by atoms with E-state index in [4.69, 9.17) is 4.52 Å². The van der Waals surface area contributed by atoms with Gasteiger partial charge in [-0.05, 0) is 26.3 Å². The highest BCUT2D eigenvalue weighted by Gasteiger charge is 2.21. The lowest BCUT2D eigenvalue weighted by Crippen LogP contribution is -2.21. The summed E-state index contributed by atoms with van der Waals surface area (Å²) in [7, 11) is 1.97. The lowest BCUT2D eigenvalue weighted by atomic mass is 9.94. The third-order valence-electron chi connectivity index (χ3n) is 2.29. The molecule has 3 nitrogen and oxygen atoms in total. The number of aromatic nitrogens is 1. The van der Waals surface area contributed by atoms with E-state index in [1.807, 2.05) is 7.05 Å².